The van der Waals surface area contributed by atoms with Gasteiger partial charge in [-0.25, -0.2) is 9.97 Å². The summed E-state index contributed by atoms with van der Waals surface area (Å²) in [4.78, 5) is 13.3. The molecule has 0 unspecified atom stereocenters. The van der Waals surface area contributed by atoms with Gasteiger partial charge in [-0.2, -0.15) is 0 Å². The van der Waals surface area contributed by atoms with E-state index < -0.39 is 0 Å². The fourth-order valence-corrected chi connectivity index (χ4v) is 7.89. The van der Waals surface area contributed by atoms with E-state index in [1.807, 2.05) is 0 Å². The number of nitrogens with zero attached hydrogens (tertiary/aromatic N) is 3. The van der Waals surface area contributed by atoms with Crippen molar-refractivity contribution in [1.82, 2.24) is 9.97 Å². The van der Waals surface area contributed by atoms with Crippen LogP contribution in [0.2, 0.25) is 0 Å². The molecule has 10 rings (SSSR count). The average Bonchev–Trinajstić information content (AvgIpc) is 3.27. The summed E-state index contributed by atoms with van der Waals surface area (Å²) in [6, 6.07) is 75.0. The SMILES string of the molecule is c1ccc(-c2cc(-c3cc4ccccc4c4c3c(-c3ccccc3)nc3c(N(c5ccccc5)c5ccccc5)cccc34)cc(-c3ccccc3)n2)cc1. The summed E-state index contributed by atoms with van der Waals surface area (Å²) in [7, 11) is 0. The molecule has 10 aromatic rings. The van der Waals surface area contributed by atoms with Crippen molar-refractivity contribution < 1.29 is 0 Å². The van der Waals surface area contributed by atoms with E-state index in [9.17, 15) is 0 Å². The van der Waals surface area contributed by atoms with Crippen molar-refractivity contribution in [2.45, 2.75) is 0 Å². The van der Waals surface area contributed by atoms with E-state index in [-0.39, 0.29) is 0 Å². The minimum Gasteiger partial charge on any atom is -0.308 e. The van der Waals surface area contributed by atoms with Crippen LogP contribution in [0.5, 0.6) is 0 Å². The highest BCUT2D eigenvalue weighted by Crippen LogP contribution is 2.47. The van der Waals surface area contributed by atoms with E-state index in [4.69, 9.17) is 9.97 Å². The highest BCUT2D eigenvalue weighted by molar-refractivity contribution is 6.28. The average molecular weight is 702 g/mol. The summed E-state index contributed by atoms with van der Waals surface area (Å²) in [5, 5.41) is 5.76. The molecule has 0 saturated carbocycles. The van der Waals surface area contributed by atoms with Gasteiger partial charge in [0.1, 0.15) is 0 Å². The molecule has 2 aromatic heterocycles. The van der Waals surface area contributed by atoms with Gasteiger partial charge in [-0.05, 0) is 70.4 Å². The molecule has 0 spiro atoms. The van der Waals surface area contributed by atoms with Crippen molar-refractivity contribution in [3.63, 3.8) is 0 Å². The molecular weight excluding hydrogens is 667 g/mol. The Hall–Kier alpha value is -7.36. The summed E-state index contributed by atoms with van der Waals surface area (Å²) in [5.74, 6) is 0. The minimum absolute atomic E-state index is 0.928. The van der Waals surface area contributed by atoms with Crippen molar-refractivity contribution in [2.24, 2.45) is 0 Å². The molecular formula is C52H35N3. The quantitative estimate of drug-likeness (QED) is 0.155. The lowest BCUT2D eigenvalue weighted by molar-refractivity contribution is 1.28. The molecule has 258 valence electrons. The fourth-order valence-electron chi connectivity index (χ4n) is 7.89. The molecule has 0 fully saturated rings. The molecule has 3 nitrogen and oxygen atoms in total. The summed E-state index contributed by atoms with van der Waals surface area (Å²) in [6.45, 7) is 0. The third-order valence-electron chi connectivity index (χ3n) is 10.4. The second-order valence-corrected chi connectivity index (χ2v) is 13.8. The smallest absolute Gasteiger partial charge is 0.0956 e. The van der Waals surface area contributed by atoms with Gasteiger partial charge in [-0.15, -0.1) is 0 Å². The molecule has 0 aliphatic rings. The highest BCUT2D eigenvalue weighted by Gasteiger charge is 2.23. The molecule has 8 aromatic carbocycles. The number of anilines is 3. The van der Waals surface area contributed by atoms with Crippen molar-refractivity contribution in [2.75, 3.05) is 4.90 Å². The van der Waals surface area contributed by atoms with E-state index in [0.29, 0.717) is 0 Å². The number of benzene rings is 8. The second kappa shape index (κ2) is 13.9. The third kappa shape index (κ3) is 5.89. The van der Waals surface area contributed by atoms with Gasteiger partial charge < -0.3 is 4.90 Å². The molecule has 0 aliphatic heterocycles. The van der Waals surface area contributed by atoms with Gasteiger partial charge in [0.05, 0.1) is 28.3 Å². The van der Waals surface area contributed by atoms with Gasteiger partial charge in [-0.1, -0.05) is 164 Å². The Kier molecular flexibility index (Phi) is 8.16. The van der Waals surface area contributed by atoms with Crippen LogP contribution in [-0.4, -0.2) is 9.97 Å². The number of hydrogen-bond donors (Lipinski definition) is 0. The lowest BCUT2D eigenvalue weighted by Gasteiger charge is -2.27. The molecule has 0 N–H and O–H groups in total. The lowest BCUT2D eigenvalue weighted by Crippen LogP contribution is -2.11. The number of pyridine rings is 2. The summed E-state index contributed by atoms with van der Waals surface area (Å²) in [6.07, 6.45) is 0. The topological polar surface area (TPSA) is 29.0 Å². The van der Waals surface area contributed by atoms with E-state index in [1.165, 1.54) is 16.2 Å². The Bertz CT molecular complexity index is 2850. The highest BCUT2D eigenvalue weighted by atomic mass is 15.1. The fraction of sp³-hybridized carbons (Fsp3) is 0. The van der Waals surface area contributed by atoms with Crippen molar-refractivity contribution >= 4 is 49.5 Å². The first kappa shape index (κ1) is 32.3. The predicted octanol–water partition coefficient (Wildman–Crippen LogP) is 14.1. The molecule has 3 heteroatoms. The number of aromatic nitrogens is 2. The molecule has 0 radical (unpaired) electrons. The molecule has 0 bridgehead atoms. The van der Waals surface area contributed by atoms with Crippen LogP contribution in [0.25, 0.3) is 77.3 Å². The van der Waals surface area contributed by atoms with Gasteiger partial charge in [0, 0.05) is 44.2 Å². The summed E-state index contributed by atoms with van der Waals surface area (Å²) >= 11 is 0. The maximum Gasteiger partial charge on any atom is 0.0956 e. The Morgan fingerprint density at radius 1 is 0.345 bits per heavy atom. The number of hydrogen-bond acceptors (Lipinski definition) is 3. The van der Waals surface area contributed by atoms with Gasteiger partial charge >= 0.3 is 0 Å². The third-order valence-corrected chi connectivity index (χ3v) is 10.4. The summed E-state index contributed by atoms with van der Waals surface area (Å²) < 4.78 is 0. The zero-order valence-electron chi connectivity index (χ0n) is 30.0. The van der Waals surface area contributed by atoms with Gasteiger partial charge in [-0.3, -0.25) is 0 Å². The zero-order chi connectivity index (χ0) is 36.6. The maximum atomic E-state index is 5.74. The van der Waals surface area contributed by atoms with Gasteiger partial charge in [0.25, 0.3) is 0 Å². The number of fused-ring (bicyclic) bond motifs is 5. The van der Waals surface area contributed by atoms with Crippen LogP contribution < -0.4 is 4.90 Å². The molecule has 0 amide bonds. The van der Waals surface area contributed by atoms with Gasteiger partial charge in [0.15, 0.2) is 0 Å². The molecule has 55 heavy (non-hydrogen) atoms. The maximum absolute atomic E-state index is 5.74. The van der Waals surface area contributed by atoms with Crippen LogP contribution >= 0.6 is 0 Å². The zero-order valence-corrected chi connectivity index (χ0v) is 30.0. The van der Waals surface area contributed by atoms with E-state index >= 15 is 0 Å². The first-order chi connectivity index (χ1) is 27.3. The van der Waals surface area contributed by atoms with Crippen molar-refractivity contribution in [3.8, 4) is 44.9 Å². The first-order valence-electron chi connectivity index (χ1n) is 18.7. The van der Waals surface area contributed by atoms with Crippen molar-refractivity contribution in [1.29, 1.82) is 0 Å². The minimum atomic E-state index is 0.928. The molecule has 0 aliphatic carbocycles. The molecule has 0 saturated heterocycles. The van der Waals surface area contributed by atoms with Crippen LogP contribution in [0.15, 0.2) is 212 Å². The Labute approximate surface area is 320 Å². The number of rotatable bonds is 7. The van der Waals surface area contributed by atoms with E-state index in [2.05, 4.69) is 217 Å². The van der Waals surface area contributed by atoms with Crippen LogP contribution in [0.4, 0.5) is 17.1 Å². The first-order valence-corrected chi connectivity index (χ1v) is 18.7. The monoisotopic (exact) mass is 701 g/mol. The van der Waals surface area contributed by atoms with Crippen LogP contribution in [0.3, 0.4) is 0 Å². The Morgan fingerprint density at radius 2 is 0.836 bits per heavy atom. The molecule has 2 heterocycles. The Morgan fingerprint density at radius 3 is 1.42 bits per heavy atom. The Balaban J connectivity index is 1.36. The molecule has 0 atom stereocenters. The number of para-hydroxylation sites is 3. The van der Waals surface area contributed by atoms with Crippen LogP contribution in [0, 0.1) is 0 Å². The van der Waals surface area contributed by atoms with Crippen molar-refractivity contribution in [3.05, 3.63) is 212 Å². The standard InChI is InChI=1S/C52H35N3/c1-6-19-36(20-7-1)46-34-40(35-47(53-46)37-21-8-2-9-22-37)45-33-39-25-16-17-30-43(39)49-44-31-18-32-48(52(44)54-51(50(45)49)38-23-10-3-11-24-38)55(41-26-12-4-13-27-41)42-28-14-5-15-29-42/h1-35H. The van der Waals surface area contributed by atoms with E-state index in [1.54, 1.807) is 0 Å². The normalized spacial score (nSPS) is 11.3. The van der Waals surface area contributed by atoms with Gasteiger partial charge in [0.2, 0.25) is 0 Å². The predicted molar refractivity (Wildman–Crippen MR) is 231 cm³/mol. The largest absolute Gasteiger partial charge is 0.308 e. The van der Waals surface area contributed by atoms with Crippen LogP contribution in [-0.2, 0) is 0 Å². The van der Waals surface area contributed by atoms with Crippen LogP contribution in [0.1, 0.15) is 0 Å². The lowest BCUT2D eigenvalue weighted by atomic mass is 9.88. The van der Waals surface area contributed by atoms with E-state index in [0.717, 1.165) is 78.3 Å². The second-order valence-electron chi connectivity index (χ2n) is 13.8. The summed E-state index contributed by atoms with van der Waals surface area (Å²) in [5.41, 5.74) is 12.3.